The van der Waals surface area contributed by atoms with Gasteiger partial charge < -0.3 is 20.7 Å². The summed E-state index contributed by atoms with van der Waals surface area (Å²) in [5.74, 6) is -2.76. The lowest BCUT2D eigenvalue weighted by molar-refractivity contribution is -0.192. The van der Waals surface area contributed by atoms with Crippen molar-refractivity contribution in [3.8, 4) is 0 Å². The van der Waals surface area contributed by atoms with Crippen LogP contribution < -0.4 is 10.6 Å². The van der Waals surface area contributed by atoms with E-state index < -0.39 is 12.1 Å². The number of benzene rings is 1. The SMILES string of the molecule is Cc1cc(C)c2cc(C(=O)N[C@H]3CCNC3)[nH]c2c1C.O=C(O)C(F)(F)F. The minimum absolute atomic E-state index is 0.00801. The van der Waals surface area contributed by atoms with Gasteiger partial charge in [0.25, 0.3) is 5.91 Å². The second-order valence-electron chi connectivity index (χ2n) is 6.57. The van der Waals surface area contributed by atoms with Crippen LogP contribution in [0.2, 0.25) is 0 Å². The minimum Gasteiger partial charge on any atom is -0.475 e. The first-order chi connectivity index (χ1) is 12.5. The van der Waals surface area contributed by atoms with Crippen molar-refractivity contribution in [2.45, 2.75) is 39.4 Å². The Bertz CT molecular complexity index is 853. The number of carbonyl (C=O) groups is 2. The van der Waals surface area contributed by atoms with Gasteiger partial charge >= 0.3 is 12.1 Å². The smallest absolute Gasteiger partial charge is 0.475 e. The normalized spacial score (nSPS) is 16.7. The number of carboxylic acids is 1. The first kappa shape index (κ1) is 20.8. The molecule has 1 amide bonds. The number of fused-ring (bicyclic) bond motifs is 1. The molecule has 1 aliphatic rings. The number of H-pyrrole nitrogens is 1. The molecule has 148 valence electrons. The summed E-state index contributed by atoms with van der Waals surface area (Å²) in [6.45, 7) is 8.13. The first-order valence-electron chi connectivity index (χ1n) is 8.42. The Kier molecular flexibility index (Phi) is 6.15. The number of aromatic amines is 1. The van der Waals surface area contributed by atoms with Crippen molar-refractivity contribution < 1.29 is 27.9 Å². The maximum Gasteiger partial charge on any atom is 0.490 e. The number of carbonyl (C=O) groups excluding carboxylic acids is 1. The topological polar surface area (TPSA) is 94.2 Å². The molecule has 1 aromatic carbocycles. The van der Waals surface area contributed by atoms with Crippen LogP contribution in [-0.4, -0.2) is 47.3 Å². The number of hydrogen-bond donors (Lipinski definition) is 4. The van der Waals surface area contributed by atoms with Gasteiger partial charge in [0.05, 0.1) is 0 Å². The fourth-order valence-corrected chi connectivity index (χ4v) is 2.93. The van der Waals surface area contributed by atoms with Crippen molar-refractivity contribution in [1.82, 2.24) is 15.6 Å². The van der Waals surface area contributed by atoms with Crippen LogP contribution in [0.3, 0.4) is 0 Å². The molecule has 0 aliphatic carbocycles. The summed E-state index contributed by atoms with van der Waals surface area (Å²) in [6.07, 6.45) is -4.08. The van der Waals surface area contributed by atoms with Crippen LogP contribution in [0.1, 0.15) is 33.6 Å². The van der Waals surface area contributed by atoms with E-state index in [4.69, 9.17) is 9.90 Å². The largest absolute Gasteiger partial charge is 0.490 e. The van der Waals surface area contributed by atoms with E-state index in [1.807, 2.05) is 6.07 Å². The molecule has 0 radical (unpaired) electrons. The van der Waals surface area contributed by atoms with Crippen molar-refractivity contribution in [1.29, 1.82) is 0 Å². The van der Waals surface area contributed by atoms with E-state index in [1.165, 1.54) is 16.7 Å². The summed E-state index contributed by atoms with van der Waals surface area (Å²) >= 11 is 0. The highest BCUT2D eigenvalue weighted by atomic mass is 19.4. The molecule has 0 unspecified atom stereocenters. The Balaban J connectivity index is 0.000000321. The predicted molar refractivity (Wildman–Crippen MR) is 94.9 cm³/mol. The van der Waals surface area contributed by atoms with Crippen LogP contribution in [0.4, 0.5) is 13.2 Å². The van der Waals surface area contributed by atoms with E-state index in [9.17, 15) is 18.0 Å². The van der Waals surface area contributed by atoms with Crippen LogP contribution in [0.25, 0.3) is 10.9 Å². The number of rotatable bonds is 2. The highest BCUT2D eigenvalue weighted by Crippen LogP contribution is 2.25. The number of aryl methyl sites for hydroxylation is 3. The van der Waals surface area contributed by atoms with Crippen LogP contribution in [-0.2, 0) is 4.79 Å². The molecule has 0 spiro atoms. The van der Waals surface area contributed by atoms with Gasteiger partial charge in [-0.05, 0) is 56.5 Å². The molecule has 4 N–H and O–H groups in total. The lowest BCUT2D eigenvalue weighted by Gasteiger charge is -2.09. The zero-order valence-electron chi connectivity index (χ0n) is 15.3. The Labute approximate surface area is 154 Å². The monoisotopic (exact) mass is 385 g/mol. The number of alkyl halides is 3. The number of halogens is 3. The third kappa shape index (κ3) is 5.00. The number of aliphatic carboxylic acids is 1. The Morgan fingerprint density at radius 3 is 2.33 bits per heavy atom. The molecule has 1 aromatic heterocycles. The van der Waals surface area contributed by atoms with Gasteiger partial charge in [-0.1, -0.05) is 6.07 Å². The van der Waals surface area contributed by atoms with Crippen LogP contribution in [0, 0.1) is 20.8 Å². The minimum atomic E-state index is -5.08. The summed E-state index contributed by atoms with van der Waals surface area (Å²) in [7, 11) is 0. The molecular weight excluding hydrogens is 363 g/mol. The second-order valence-corrected chi connectivity index (χ2v) is 6.57. The predicted octanol–water partition coefficient (Wildman–Crippen LogP) is 2.82. The zero-order chi connectivity index (χ0) is 20.4. The quantitative estimate of drug-likeness (QED) is 0.640. The van der Waals surface area contributed by atoms with E-state index in [-0.39, 0.29) is 11.9 Å². The Morgan fingerprint density at radius 2 is 1.81 bits per heavy atom. The van der Waals surface area contributed by atoms with E-state index in [0.717, 1.165) is 30.4 Å². The fraction of sp³-hybridized carbons (Fsp3) is 0.444. The van der Waals surface area contributed by atoms with Gasteiger partial charge in [0.15, 0.2) is 0 Å². The molecule has 2 heterocycles. The molecule has 6 nitrogen and oxygen atoms in total. The van der Waals surface area contributed by atoms with Crippen molar-refractivity contribution in [3.63, 3.8) is 0 Å². The van der Waals surface area contributed by atoms with E-state index >= 15 is 0 Å². The average molecular weight is 385 g/mol. The lowest BCUT2D eigenvalue weighted by atomic mass is 10.0. The number of nitrogens with one attached hydrogen (secondary N) is 3. The molecule has 0 bridgehead atoms. The molecular formula is C18H22F3N3O3. The summed E-state index contributed by atoms with van der Waals surface area (Å²) in [5, 5.41) is 14.6. The third-order valence-corrected chi connectivity index (χ3v) is 4.52. The molecule has 1 atom stereocenters. The maximum atomic E-state index is 12.3. The van der Waals surface area contributed by atoms with Gasteiger partial charge in [-0.25, -0.2) is 4.79 Å². The van der Waals surface area contributed by atoms with E-state index in [1.54, 1.807) is 0 Å². The molecule has 3 rings (SSSR count). The van der Waals surface area contributed by atoms with Crippen molar-refractivity contribution in [2.24, 2.45) is 0 Å². The van der Waals surface area contributed by atoms with Crippen molar-refractivity contribution in [2.75, 3.05) is 13.1 Å². The van der Waals surface area contributed by atoms with Gasteiger partial charge in [-0.15, -0.1) is 0 Å². The van der Waals surface area contributed by atoms with Crippen LogP contribution >= 0.6 is 0 Å². The highest BCUT2D eigenvalue weighted by molar-refractivity contribution is 6.00. The molecule has 0 saturated carbocycles. The number of amides is 1. The molecule has 1 saturated heterocycles. The van der Waals surface area contributed by atoms with E-state index in [2.05, 4.69) is 42.5 Å². The Hall–Kier alpha value is -2.55. The van der Waals surface area contributed by atoms with Crippen molar-refractivity contribution >= 4 is 22.8 Å². The first-order valence-corrected chi connectivity index (χ1v) is 8.42. The standard InChI is InChI=1S/C16H21N3O.C2HF3O2/c1-9-6-10(2)13-7-14(19-15(13)11(9)3)16(20)18-12-4-5-17-8-12;3-2(4,5)1(6)7/h6-7,12,17,19H,4-5,8H2,1-3H3,(H,18,20);(H,6,7)/t12-;/m0./s1. The van der Waals surface area contributed by atoms with Gasteiger partial charge in [0, 0.05) is 23.5 Å². The van der Waals surface area contributed by atoms with Crippen molar-refractivity contribution in [3.05, 3.63) is 34.5 Å². The fourth-order valence-electron chi connectivity index (χ4n) is 2.93. The molecule has 1 fully saturated rings. The number of aromatic nitrogens is 1. The zero-order valence-corrected chi connectivity index (χ0v) is 15.3. The summed E-state index contributed by atoms with van der Waals surface area (Å²) in [5.41, 5.74) is 5.41. The number of carboxylic acid groups (broad SMARTS) is 1. The highest BCUT2D eigenvalue weighted by Gasteiger charge is 2.38. The summed E-state index contributed by atoms with van der Waals surface area (Å²) in [6, 6.07) is 4.39. The average Bonchev–Trinajstić information content (AvgIpc) is 3.22. The molecule has 1 aliphatic heterocycles. The molecule has 27 heavy (non-hydrogen) atoms. The maximum absolute atomic E-state index is 12.3. The number of hydrogen-bond acceptors (Lipinski definition) is 3. The summed E-state index contributed by atoms with van der Waals surface area (Å²) < 4.78 is 31.7. The van der Waals surface area contributed by atoms with Gasteiger partial charge in [0.1, 0.15) is 5.69 Å². The second kappa shape index (κ2) is 7.99. The third-order valence-electron chi connectivity index (χ3n) is 4.52. The van der Waals surface area contributed by atoms with Gasteiger partial charge in [-0.3, -0.25) is 4.79 Å². The van der Waals surface area contributed by atoms with Gasteiger partial charge in [0.2, 0.25) is 0 Å². The lowest BCUT2D eigenvalue weighted by Crippen LogP contribution is -2.36. The molecule has 9 heteroatoms. The van der Waals surface area contributed by atoms with Crippen LogP contribution in [0.15, 0.2) is 12.1 Å². The molecule has 2 aromatic rings. The summed E-state index contributed by atoms with van der Waals surface area (Å²) in [4.78, 5) is 24.5. The Morgan fingerprint density at radius 1 is 1.19 bits per heavy atom. The van der Waals surface area contributed by atoms with Crippen LogP contribution in [0.5, 0.6) is 0 Å². The van der Waals surface area contributed by atoms with Gasteiger partial charge in [-0.2, -0.15) is 13.2 Å². The van der Waals surface area contributed by atoms with E-state index in [0.29, 0.717) is 5.69 Å².